The molecule has 1 aromatic rings. The fourth-order valence-electron chi connectivity index (χ4n) is 1.51. The van der Waals surface area contributed by atoms with Crippen LogP contribution >= 0.6 is 0 Å². The van der Waals surface area contributed by atoms with Gasteiger partial charge in [0, 0.05) is 18.7 Å². The molecule has 2 N–H and O–H groups in total. The first kappa shape index (κ1) is 15.5. The van der Waals surface area contributed by atoms with Crippen molar-refractivity contribution in [1.82, 2.24) is 5.32 Å². The molecule has 0 heterocycles. The van der Waals surface area contributed by atoms with Crippen LogP contribution in [-0.2, 0) is 0 Å². The van der Waals surface area contributed by atoms with Crippen molar-refractivity contribution < 1.29 is 14.6 Å². The van der Waals surface area contributed by atoms with Gasteiger partial charge >= 0.3 is 0 Å². The van der Waals surface area contributed by atoms with Crippen LogP contribution in [0.4, 0.5) is 0 Å². The van der Waals surface area contributed by atoms with E-state index in [9.17, 15) is 4.79 Å². The summed E-state index contributed by atoms with van der Waals surface area (Å²) >= 11 is 0. The zero-order chi connectivity index (χ0) is 14.1. The molecule has 0 saturated carbocycles. The third kappa shape index (κ3) is 6.25. The van der Waals surface area contributed by atoms with Crippen LogP contribution < -0.4 is 10.1 Å². The largest absolute Gasteiger partial charge is 0.493 e. The minimum Gasteiger partial charge on any atom is -0.493 e. The van der Waals surface area contributed by atoms with Crippen molar-refractivity contribution in [2.24, 2.45) is 5.92 Å². The van der Waals surface area contributed by atoms with Gasteiger partial charge in [0.2, 0.25) is 0 Å². The maximum Gasteiger partial charge on any atom is 0.251 e. The summed E-state index contributed by atoms with van der Waals surface area (Å²) < 4.78 is 5.56. The Bertz CT molecular complexity index is 373. The van der Waals surface area contributed by atoms with Gasteiger partial charge in [-0.25, -0.2) is 0 Å². The third-order valence-corrected chi connectivity index (χ3v) is 2.57. The van der Waals surface area contributed by atoms with Gasteiger partial charge in [0.25, 0.3) is 5.91 Å². The maximum absolute atomic E-state index is 11.8. The number of hydrogen-bond donors (Lipinski definition) is 2. The monoisotopic (exact) mass is 265 g/mol. The van der Waals surface area contributed by atoms with Crippen LogP contribution in [0.3, 0.4) is 0 Å². The van der Waals surface area contributed by atoms with E-state index in [0.717, 1.165) is 12.2 Å². The van der Waals surface area contributed by atoms with Crippen molar-refractivity contribution in [3.05, 3.63) is 29.8 Å². The minimum atomic E-state index is -0.0895. The molecule has 0 unspecified atom stereocenters. The SMILES string of the molecule is CC(C)COc1ccc(C(=O)NCCCCO)cc1. The fraction of sp³-hybridized carbons (Fsp3) is 0.533. The van der Waals surface area contributed by atoms with Crippen LogP contribution in [-0.4, -0.2) is 30.8 Å². The van der Waals surface area contributed by atoms with Crippen LogP contribution in [0.2, 0.25) is 0 Å². The molecule has 1 amide bonds. The molecule has 0 aliphatic carbocycles. The summed E-state index contributed by atoms with van der Waals surface area (Å²) in [6.45, 7) is 5.61. The first-order valence-electron chi connectivity index (χ1n) is 6.75. The highest BCUT2D eigenvalue weighted by molar-refractivity contribution is 5.94. The van der Waals surface area contributed by atoms with Gasteiger partial charge in [-0.2, -0.15) is 0 Å². The summed E-state index contributed by atoms with van der Waals surface area (Å²) in [5.74, 6) is 1.17. The summed E-state index contributed by atoms with van der Waals surface area (Å²) in [6.07, 6.45) is 1.50. The average Bonchev–Trinajstić information content (AvgIpc) is 2.41. The Balaban J connectivity index is 2.40. The zero-order valence-corrected chi connectivity index (χ0v) is 11.7. The average molecular weight is 265 g/mol. The summed E-state index contributed by atoms with van der Waals surface area (Å²) in [5, 5.41) is 11.5. The summed E-state index contributed by atoms with van der Waals surface area (Å²) in [4.78, 5) is 11.8. The van der Waals surface area contributed by atoms with Crippen molar-refractivity contribution in [3.63, 3.8) is 0 Å². The lowest BCUT2D eigenvalue weighted by Gasteiger charge is -2.09. The quantitative estimate of drug-likeness (QED) is 0.709. The fourth-order valence-corrected chi connectivity index (χ4v) is 1.51. The molecule has 4 nitrogen and oxygen atoms in total. The number of unbranched alkanes of at least 4 members (excludes halogenated alkanes) is 1. The van der Waals surface area contributed by atoms with Crippen molar-refractivity contribution in [1.29, 1.82) is 0 Å². The molecule has 0 bridgehead atoms. The first-order valence-corrected chi connectivity index (χ1v) is 6.75. The first-order chi connectivity index (χ1) is 9.13. The zero-order valence-electron chi connectivity index (χ0n) is 11.7. The molecule has 1 rings (SSSR count). The highest BCUT2D eigenvalue weighted by Crippen LogP contribution is 2.13. The Morgan fingerprint density at radius 3 is 2.53 bits per heavy atom. The molecule has 0 aromatic heterocycles. The number of carbonyl (C=O) groups excluding carboxylic acids is 1. The molecule has 0 radical (unpaired) electrons. The maximum atomic E-state index is 11.8. The predicted molar refractivity (Wildman–Crippen MR) is 75.4 cm³/mol. The van der Waals surface area contributed by atoms with E-state index < -0.39 is 0 Å². The van der Waals surface area contributed by atoms with Crippen molar-refractivity contribution in [2.75, 3.05) is 19.8 Å². The van der Waals surface area contributed by atoms with E-state index in [-0.39, 0.29) is 12.5 Å². The van der Waals surface area contributed by atoms with E-state index in [1.807, 2.05) is 12.1 Å². The van der Waals surface area contributed by atoms with Crippen LogP contribution in [0.15, 0.2) is 24.3 Å². The third-order valence-electron chi connectivity index (χ3n) is 2.57. The minimum absolute atomic E-state index is 0.0895. The number of nitrogens with one attached hydrogen (secondary N) is 1. The molecule has 0 aliphatic heterocycles. The van der Waals surface area contributed by atoms with E-state index in [0.29, 0.717) is 31.1 Å². The molecule has 0 atom stereocenters. The Morgan fingerprint density at radius 1 is 1.26 bits per heavy atom. The van der Waals surface area contributed by atoms with E-state index in [1.54, 1.807) is 12.1 Å². The number of ether oxygens (including phenoxy) is 1. The number of carbonyl (C=O) groups is 1. The lowest BCUT2D eigenvalue weighted by atomic mass is 10.2. The lowest BCUT2D eigenvalue weighted by Crippen LogP contribution is -2.24. The Morgan fingerprint density at radius 2 is 1.95 bits per heavy atom. The van der Waals surface area contributed by atoms with Crippen molar-refractivity contribution >= 4 is 5.91 Å². The molecule has 0 saturated heterocycles. The number of amides is 1. The van der Waals surface area contributed by atoms with Crippen LogP contribution in [0.5, 0.6) is 5.75 Å². The Kier molecular flexibility index (Phi) is 6.97. The molecule has 19 heavy (non-hydrogen) atoms. The number of rotatable bonds is 8. The summed E-state index contributed by atoms with van der Waals surface area (Å²) in [5.41, 5.74) is 0.626. The molecular weight excluding hydrogens is 242 g/mol. The molecule has 106 valence electrons. The smallest absolute Gasteiger partial charge is 0.251 e. The summed E-state index contributed by atoms with van der Waals surface area (Å²) in [7, 11) is 0. The van der Waals surface area contributed by atoms with Gasteiger partial charge in [0.15, 0.2) is 0 Å². The Labute approximate surface area is 114 Å². The second kappa shape index (κ2) is 8.53. The van der Waals surface area contributed by atoms with E-state index in [1.165, 1.54) is 0 Å². The van der Waals surface area contributed by atoms with Crippen LogP contribution in [0.1, 0.15) is 37.0 Å². The van der Waals surface area contributed by atoms with Gasteiger partial charge in [-0.05, 0) is 43.0 Å². The topological polar surface area (TPSA) is 58.6 Å². The van der Waals surface area contributed by atoms with E-state index in [2.05, 4.69) is 19.2 Å². The molecule has 1 aromatic carbocycles. The second-order valence-corrected chi connectivity index (χ2v) is 4.92. The molecular formula is C15H23NO3. The number of aliphatic hydroxyl groups is 1. The molecule has 0 fully saturated rings. The van der Waals surface area contributed by atoms with Crippen LogP contribution in [0, 0.1) is 5.92 Å². The van der Waals surface area contributed by atoms with Gasteiger partial charge < -0.3 is 15.2 Å². The van der Waals surface area contributed by atoms with Gasteiger partial charge in [-0.3, -0.25) is 4.79 Å². The standard InChI is InChI=1S/C15H23NO3/c1-12(2)11-19-14-7-5-13(6-8-14)15(18)16-9-3-4-10-17/h5-8,12,17H,3-4,9-11H2,1-2H3,(H,16,18). The Hall–Kier alpha value is -1.55. The van der Waals surface area contributed by atoms with Crippen molar-refractivity contribution in [3.8, 4) is 5.75 Å². The normalized spacial score (nSPS) is 10.5. The van der Waals surface area contributed by atoms with Crippen LogP contribution in [0.25, 0.3) is 0 Å². The van der Waals surface area contributed by atoms with Gasteiger partial charge in [0.1, 0.15) is 5.75 Å². The molecule has 4 heteroatoms. The summed E-state index contributed by atoms with van der Waals surface area (Å²) in [6, 6.07) is 7.14. The van der Waals surface area contributed by atoms with Gasteiger partial charge in [-0.15, -0.1) is 0 Å². The number of aliphatic hydroxyl groups excluding tert-OH is 1. The van der Waals surface area contributed by atoms with Crippen molar-refractivity contribution in [2.45, 2.75) is 26.7 Å². The molecule has 0 spiro atoms. The molecule has 0 aliphatic rings. The van der Waals surface area contributed by atoms with Gasteiger partial charge in [0.05, 0.1) is 6.61 Å². The van der Waals surface area contributed by atoms with Gasteiger partial charge in [-0.1, -0.05) is 13.8 Å². The second-order valence-electron chi connectivity index (χ2n) is 4.92. The lowest BCUT2D eigenvalue weighted by molar-refractivity contribution is 0.0952. The van der Waals surface area contributed by atoms with E-state index in [4.69, 9.17) is 9.84 Å². The highest BCUT2D eigenvalue weighted by atomic mass is 16.5. The predicted octanol–water partition coefficient (Wildman–Crippen LogP) is 2.22. The van der Waals surface area contributed by atoms with E-state index >= 15 is 0 Å². The highest BCUT2D eigenvalue weighted by Gasteiger charge is 2.05. The number of benzene rings is 1. The number of hydrogen-bond acceptors (Lipinski definition) is 3.